The highest BCUT2D eigenvalue weighted by atomic mass is 16.2. The normalized spacial score (nSPS) is 20.8. The summed E-state index contributed by atoms with van der Waals surface area (Å²) in [6.07, 6.45) is 3.13. The fourth-order valence-electron chi connectivity index (χ4n) is 1.78. The SMILES string of the molecule is CCCC[C@H](NC(=O)[C@H]1CCC(=O)N1)C(N)=O. The summed E-state index contributed by atoms with van der Waals surface area (Å²) in [5.41, 5.74) is 5.21. The summed E-state index contributed by atoms with van der Waals surface area (Å²) in [4.78, 5) is 33.8. The zero-order valence-corrected chi connectivity index (χ0v) is 9.99. The van der Waals surface area contributed by atoms with E-state index in [0.717, 1.165) is 12.8 Å². The van der Waals surface area contributed by atoms with Gasteiger partial charge >= 0.3 is 0 Å². The molecular weight excluding hydrogens is 222 g/mol. The lowest BCUT2D eigenvalue weighted by atomic mass is 10.1. The van der Waals surface area contributed by atoms with Crippen LogP contribution in [-0.4, -0.2) is 29.8 Å². The van der Waals surface area contributed by atoms with Crippen molar-refractivity contribution in [1.29, 1.82) is 0 Å². The van der Waals surface area contributed by atoms with Gasteiger partial charge in [-0.25, -0.2) is 0 Å². The van der Waals surface area contributed by atoms with Gasteiger partial charge in [0.2, 0.25) is 17.7 Å². The van der Waals surface area contributed by atoms with E-state index in [1.807, 2.05) is 6.92 Å². The number of unbranched alkanes of at least 4 members (excludes halogenated alkanes) is 1. The highest BCUT2D eigenvalue weighted by molar-refractivity contribution is 5.93. The fraction of sp³-hybridized carbons (Fsp3) is 0.727. The van der Waals surface area contributed by atoms with Crippen LogP contribution in [0, 0.1) is 0 Å². The minimum atomic E-state index is -0.639. The quantitative estimate of drug-likeness (QED) is 0.580. The van der Waals surface area contributed by atoms with Gasteiger partial charge in [0.25, 0.3) is 0 Å². The Kier molecular flexibility index (Phi) is 4.93. The summed E-state index contributed by atoms with van der Waals surface area (Å²) < 4.78 is 0. The molecule has 1 fully saturated rings. The van der Waals surface area contributed by atoms with Gasteiger partial charge in [0.15, 0.2) is 0 Å². The lowest BCUT2D eigenvalue weighted by Gasteiger charge is -2.17. The lowest BCUT2D eigenvalue weighted by molar-refractivity contribution is -0.129. The number of amides is 3. The molecule has 0 aromatic carbocycles. The van der Waals surface area contributed by atoms with Gasteiger partial charge in [0.05, 0.1) is 0 Å². The van der Waals surface area contributed by atoms with E-state index in [1.54, 1.807) is 0 Å². The molecule has 1 heterocycles. The van der Waals surface area contributed by atoms with Crippen LogP contribution in [0.25, 0.3) is 0 Å². The second kappa shape index (κ2) is 6.22. The van der Waals surface area contributed by atoms with Crippen molar-refractivity contribution in [3.63, 3.8) is 0 Å². The summed E-state index contributed by atoms with van der Waals surface area (Å²) in [6.45, 7) is 2.00. The van der Waals surface area contributed by atoms with E-state index in [1.165, 1.54) is 0 Å². The first-order valence-electron chi connectivity index (χ1n) is 5.93. The van der Waals surface area contributed by atoms with Gasteiger partial charge in [0.1, 0.15) is 12.1 Å². The summed E-state index contributed by atoms with van der Waals surface area (Å²) in [5.74, 6) is -0.985. The molecule has 1 saturated heterocycles. The van der Waals surface area contributed by atoms with E-state index in [0.29, 0.717) is 19.3 Å². The van der Waals surface area contributed by atoms with E-state index in [2.05, 4.69) is 10.6 Å². The molecule has 6 heteroatoms. The van der Waals surface area contributed by atoms with Crippen LogP contribution in [0.15, 0.2) is 0 Å². The number of nitrogens with two attached hydrogens (primary N) is 1. The molecule has 1 aliphatic rings. The maximum absolute atomic E-state index is 11.7. The molecule has 0 bridgehead atoms. The average Bonchev–Trinajstić information content (AvgIpc) is 2.70. The minimum Gasteiger partial charge on any atom is -0.368 e. The van der Waals surface area contributed by atoms with Crippen molar-refractivity contribution in [1.82, 2.24) is 10.6 Å². The molecule has 1 aliphatic heterocycles. The Morgan fingerprint density at radius 2 is 2.29 bits per heavy atom. The van der Waals surface area contributed by atoms with Crippen molar-refractivity contribution in [2.75, 3.05) is 0 Å². The van der Waals surface area contributed by atoms with E-state index in [9.17, 15) is 14.4 Å². The minimum absolute atomic E-state index is 0.130. The summed E-state index contributed by atoms with van der Waals surface area (Å²) in [5, 5.41) is 5.14. The van der Waals surface area contributed by atoms with Gasteiger partial charge in [-0.2, -0.15) is 0 Å². The number of hydrogen-bond donors (Lipinski definition) is 3. The number of carbonyl (C=O) groups is 3. The molecule has 17 heavy (non-hydrogen) atoms. The van der Waals surface area contributed by atoms with Crippen LogP contribution in [0.3, 0.4) is 0 Å². The second-order valence-corrected chi connectivity index (χ2v) is 4.26. The largest absolute Gasteiger partial charge is 0.368 e. The maximum Gasteiger partial charge on any atom is 0.243 e. The molecule has 0 saturated carbocycles. The number of rotatable bonds is 6. The third-order valence-electron chi connectivity index (χ3n) is 2.82. The molecule has 96 valence electrons. The first kappa shape index (κ1) is 13.5. The van der Waals surface area contributed by atoms with Crippen LogP contribution >= 0.6 is 0 Å². The van der Waals surface area contributed by atoms with Gasteiger partial charge in [-0.15, -0.1) is 0 Å². The van der Waals surface area contributed by atoms with Crippen LogP contribution in [0.5, 0.6) is 0 Å². The van der Waals surface area contributed by atoms with E-state index in [4.69, 9.17) is 5.73 Å². The molecule has 0 aromatic rings. The van der Waals surface area contributed by atoms with Crippen molar-refractivity contribution in [2.24, 2.45) is 5.73 Å². The molecular formula is C11H19N3O3. The first-order valence-corrected chi connectivity index (χ1v) is 5.93. The smallest absolute Gasteiger partial charge is 0.243 e. The van der Waals surface area contributed by atoms with Gasteiger partial charge in [0, 0.05) is 6.42 Å². The molecule has 2 atom stereocenters. The highest BCUT2D eigenvalue weighted by Crippen LogP contribution is 2.08. The zero-order chi connectivity index (χ0) is 12.8. The van der Waals surface area contributed by atoms with E-state index < -0.39 is 18.0 Å². The van der Waals surface area contributed by atoms with Crippen molar-refractivity contribution in [3.8, 4) is 0 Å². The summed E-state index contributed by atoms with van der Waals surface area (Å²) in [7, 11) is 0. The Labute approximate surface area is 100 Å². The number of primary amides is 1. The topological polar surface area (TPSA) is 101 Å². The van der Waals surface area contributed by atoms with Crippen LogP contribution in [0.1, 0.15) is 39.0 Å². The Balaban J connectivity index is 2.46. The summed E-state index contributed by atoms with van der Waals surface area (Å²) in [6, 6.07) is -1.16. The number of nitrogens with one attached hydrogen (secondary N) is 2. The van der Waals surface area contributed by atoms with Crippen molar-refractivity contribution in [3.05, 3.63) is 0 Å². The molecule has 3 amide bonds. The van der Waals surface area contributed by atoms with Gasteiger partial charge in [-0.05, 0) is 12.8 Å². The predicted octanol–water partition coefficient (Wildman–Crippen LogP) is -0.575. The van der Waals surface area contributed by atoms with Gasteiger partial charge in [-0.3, -0.25) is 14.4 Å². The van der Waals surface area contributed by atoms with Crippen LogP contribution < -0.4 is 16.4 Å². The van der Waals surface area contributed by atoms with Crippen molar-refractivity contribution in [2.45, 2.75) is 51.1 Å². The Hall–Kier alpha value is -1.59. The predicted molar refractivity (Wildman–Crippen MR) is 61.8 cm³/mol. The molecule has 0 unspecified atom stereocenters. The monoisotopic (exact) mass is 241 g/mol. The maximum atomic E-state index is 11.7. The average molecular weight is 241 g/mol. The zero-order valence-electron chi connectivity index (χ0n) is 9.99. The van der Waals surface area contributed by atoms with Crippen LogP contribution in [-0.2, 0) is 14.4 Å². The van der Waals surface area contributed by atoms with E-state index >= 15 is 0 Å². The molecule has 4 N–H and O–H groups in total. The van der Waals surface area contributed by atoms with Gasteiger partial charge in [-0.1, -0.05) is 19.8 Å². The summed E-state index contributed by atoms with van der Waals surface area (Å²) >= 11 is 0. The Bertz CT molecular complexity index is 317. The second-order valence-electron chi connectivity index (χ2n) is 4.26. The van der Waals surface area contributed by atoms with Crippen LogP contribution in [0.2, 0.25) is 0 Å². The van der Waals surface area contributed by atoms with E-state index in [-0.39, 0.29) is 11.8 Å². The Morgan fingerprint density at radius 1 is 1.59 bits per heavy atom. The number of carbonyl (C=O) groups excluding carboxylic acids is 3. The third-order valence-corrected chi connectivity index (χ3v) is 2.82. The highest BCUT2D eigenvalue weighted by Gasteiger charge is 2.29. The first-order chi connectivity index (χ1) is 8.04. The molecule has 0 aliphatic carbocycles. The standard InChI is InChI=1S/C11H19N3O3/c1-2-3-4-7(10(12)16)14-11(17)8-5-6-9(15)13-8/h7-8H,2-6H2,1H3,(H2,12,16)(H,13,15)(H,14,17)/t7-,8+/m0/s1. The van der Waals surface area contributed by atoms with Crippen molar-refractivity contribution >= 4 is 17.7 Å². The molecule has 0 radical (unpaired) electrons. The molecule has 0 aromatic heterocycles. The Morgan fingerprint density at radius 3 is 2.76 bits per heavy atom. The van der Waals surface area contributed by atoms with Crippen molar-refractivity contribution < 1.29 is 14.4 Å². The molecule has 0 spiro atoms. The lowest BCUT2D eigenvalue weighted by Crippen LogP contribution is -2.50. The van der Waals surface area contributed by atoms with Crippen LogP contribution in [0.4, 0.5) is 0 Å². The molecule has 1 rings (SSSR count). The number of hydrogen-bond acceptors (Lipinski definition) is 3. The van der Waals surface area contributed by atoms with Gasteiger partial charge < -0.3 is 16.4 Å². The fourth-order valence-corrected chi connectivity index (χ4v) is 1.78. The third kappa shape index (κ3) is 4.05. The molecule has 6 nitrogen and oxygen atoms in total.